The molecule has 3 N–H and O–H groups in total. The molecule has 0 spiro atoms. The number of rotatable bonds is 3. The molecule has 1 aliphatic heterocycles. The summed E-state index contributed by atoms with van der Waals surface area (Å²) >= 11 is 12.1. The number of hydrogen-bond acceptors (Lipinski definition) is 5. The second-order valence-electron chi connectivity index (χ2n) is 5.84. The van der Waals surface area contributed by atoms with Crippen LogP contribution in [0.5, 0.6) is 5.75 Å². The molecular formula is C18H15Cl2N3O3. The Balaban J connectivity index is 2.33. The molecule has 0 amide bonds. The summed E-state index contributed by atoms with van der Waals surface area (Å²) in [5.41, 5.74) is 7.17. The molecule has 1 aromatic heterocycles. The summed E-state index contributed by atoms with van der Waals surface area (Å²) in [5.74, 6) is -0.513. The van der Waals surface area contributed by atoms with Crippen molar-refractivity contribution in [2.75, 3.05) is 6.61 Å². The van der Waals surface area contributed by atoms with Crippen LogP contribution in [0.25, 0.3) is 0 Å². The molecule has 0 radical (unpaired) electrons. The third-order valence-corrected chi connectivity index (χ3v) is 5.03. The fourth-order valence-electron chi connectivity index (χ4n) is 3.09. The minimum atomic E-state index is -0.739. The van der Waals surface area contributed by atoms with Crippen LogP contribution in [-0.2, 0) is 6.54 Å². The smallest absolute Gasteiger partial charge is 0.258 e. The molecule has 0 fully saturated rings. The average molecular weight is 392 g/mol. The van der Waals surface area contributed by atoms with Crippen LogP contribution in [0.2, 0.25) is 10.0 Å². The van der Waals surface area contributed by atoms with Crippen molar-refractivity contribution in [1.29, 1.82) is 5.26 Å². The van der Waals surface area contributed by atoms with Gasteiger partial charge in [0, 0.05) is 18.3 Å². The van der Waals surface area contributed by atoms with E-state index in [1.165, 1.54) is 4.57 Å². The minimum absolute atomic E-state index is 0.0604. The Hall–Kier alpha value is -2.46. The first kappa shape index (κ1) is 18.3. The van der Waals surface area contributed by atoms with Crippen LogP contribution in [0.4, 0.5) is 0 Å². The highest BCUT2D eigenvalue weighted by Crippen LogP contribution is 2.41. The second kappa shape index (κ2) is 7.04. The van der Waals surface area contributed by atoms with Crippen LogP contribution in [0.15, 0.2) is 40.5 Å². The fraction of sp³-hybridized carbons (Fsp3) is 0.222. The lowest BCUT2D eigenvalue weighted by Gasteiger charge is -2.27. The van der Waals surface area contributed by atoms with Crippen LogP contribution in [0.1, 0.15) is 22.7 Å². The van der Waals surface area contributed by atoms with Gasteiger partial charge in [-0.15, -0.1) is 0 Å². The molecule has 1 aliphatic rings. The van der Waals surface area contributed by atoms with Crippen molar-refractivity contribution in [3.63, 3.8) is 0 Å². The van der Waals surface area contributed by atoms with Gasteiger partial charge in [0.15, 0.2) is 0 Å². The number of nitrogens with two attached hydrogens (primary N) is 1. The van der Waals surface area contributed by atoms with E-state index < -0.39 is 5.92 Å². The molecule has 0 bridgehead atoms. The highest BCUT2D eigenvalue weighted by atomic mass is 35.5. The topological polar surface area (TPSA) is 101 Å². The molecule has 1 unspecified atom stereocenters. The lowest BCUT2D eigenvalue weighted by Crippen LogP contribution is -2.33. The molecule has 3 rings (SSSR count). The molecule has 2 heterocycles. The summed E-state index contributed by atoms with van der Waals surface area (Å²) in [6.07, 6.45) is 0. The number of fused-ring (bicyclic) bond motifs is 1. The standard InChI is InChI=1S/C18H15Cl2N3O3/c1-9-6-14-16(18(25)23(9)4-5-24)15(11(8-21)17(22)26-14)10-2-3-12(19)13(20)7-10/h2-3,6-7,15,24H,4-5,22H2,1H3. The number of aliphatic hydroxyl groups is 1. The summed E-state index contributed by atoms with van der Waals surface area (Å²) in [6.45, 7) is 1.67. The van der Waals surface area contributed by atoms with Gasteiger partial charge in [-0.3, -0.25) is 4.79 Å². The highest BCUT2D eigenvalue weighted by molar-refractivity contribution is 6.42. The molecule has 0 aliphatic carbocycles. The number of ether oxygens (including phenoxy) is 1. The van der Waals surface area contributed by atoms with Gasteiger partial charge in [-0.05, 0) is 24.6 Å². The van der Waals surface area contributed by atoms with Crippen molar-refractivity contribution >= 4 is 23.2 Å². The van der Waals surface area contributed by atoms with E-state index in [1.807, 2.05) is 6.07 Å². The van der Waals surface area contributed by atoms with Gasteiger partial charge in [-0.25, -0.2) is 0 Å². The first-order chi connectivity index (χ1) is 12.4. The van der Waals surface area contributed by atoms with E-state index in [1.54, 1.807) is 31.2 Å². The SMILES string of the molecule is Cc1cc2c(c(=O)n1CCO)C(c1ccc(Cl)c(Cl)c1)C(C#N)=C(N)O2. The van der Waals surface area contributed by atoms with E-state index >= 15 is 0 Å². The van der Waals surface area contributed by atoms with Crippen molar-refractivity contribution in [1.82, 2.24) is 4.57 Å². The van der Waals surface area contributed by atoms with Crippen LogP contribution < -0.4 is 16.0 Å². The van der Waals surface area contributed by atoms with E-state index in [0.717, 1.165) is 0 Å². The van der Waals surface area contributed by atoms with E-state index in [2.05, 4.69) is 0 Å². The number of nitrogens with zero attached hydrogens (tertiary/aromatic N) is 2. The maximum Gasteiger partial charge on any atom is 0.258 e. The van der Waals surface area contributed by atoms with Crippen molar-refractivity contribution in [2.24, 2.45) is 5.73 Å². The summed E-state index contributed by atoms with van der Waals surface area (Å²) in [5, 5.41) is 19.5. The van der Waals surface area contributed by atoms with Gasteiger partial charge in [0.1, 0.15) is 17.4 Å². The Labute approximate surface area is 159 Å². The summed E-state index contributed by atoms with van der Waals surface area (Å²) in [6, 6.07) is 8.58. The van der Waals surface area contributed by atoms with Gasteiger partial charge in [0.2, 0.25) is 5.88 Å². The first-order valence-electron chi connectivity index (χ1n) is 7.76. The molecule has 0 saturated heterocycles. The minimum Gasteiger partial charge on any atom is -0.440 e. The third kappa shape index (κ3) is 2.95. The Kier molecular flexibility index (Phi) is 4.97. The molecule has 1 aromatic carbocycles. The van der Waals surface area contributed by atoms with Gasteiger partial charge < -0.3 is 20.1 Å². The Morgan fingerprint density at radius 1 is 1.35 bits per heavy atom. The molecule has 8 heteroatoms. The van der Waals surface area contributed by atoms with Crippen molar-refractivity contribution in [3.8, 4) is 11.8 Å². The molecule has 134 valence electrons. The Morgan fingerprint density at radius 3 is 2.69 bits per heavy atom. The fourth-order valence-corrected chi connectivity index (χ4v) is 3.40. The Bertz CT molecular complexity index is 1020. The van der Waals surface area contributed by atoms with Gasteiger partial charge in [0.05, 0.1) is 28.1 Å². The Morgan fingerprint density at radius 2 is 2.08 bits per heavy atom. The molecule has 6 nitrogen and oxygen atoms in total. The van der Waals surface area contributed by atoms with Crippen LogP contribution >= 0.6 is 23.2 Å². The summed E-state index contributed by atoms with van der Waals surface area (Å²) < 4.78 is 6.97. The van der Waals surface area contributed by atoms with E-state index in [9.17, 15) is 15.2 Å². The number of aliphatic hydroxyl groups excluding tert-OH is 1. The monoisotopic (exact) mass is 391 g/mol. The number of nitriles is 1. The van der Waals surface area contributed by atoms with Gasteiger partial charge in [0.25, 0.3) is 5.56 Å². The van der Waals surface area contributed by atoms with Crippen molar-refractivity contribution < 1.29 is 9.84 Å². The average Bonchev–Trinajstić information content (AvgIpc) is 2.60. The number of aromatic nitrogens is 1. The lowest BCUT2D eigenvalue weighted by molar-refractivity contribution is 0.272. The number of halogens is 2. The molecule has 2 aromatic rings. The third-order valence-electron chi connectivity index (χ3n) is 4.29. The molecule has 1 atom stereocenters. The van der Waals surface area contributed by atoms with Crippen LogP contribution in [-0.4, -0.2) is 16.3 Å². The second-order valence-corrected chi connectivity index (χ2v) is 6.66. The van der Waals surface area contributed by atoms with Crippen molar-refractivity contribution in [3.05, 3.63) is 72.9 Å². The predicted octanol–water partition coefficient (Wildman–Crippen LogP) is 2.67. The van der Waals surface area contributed by atoms with E-state index in [0.29, 0.717) is 21.3 Å². The van der Waals surface area contributed by atoms with Crippen molar-refractivity contribution in [2.45, 2.75) is 19.4 Å². The quantitative estimate of drug-likeness (QED) is 0.837. The van der Waals surface area contributed by atoms with Crippen LogP contribution in [0.3, 0.4) is 0 Å². The van der Waals surface area contributed by atoms with Crippen LogP contribution in [0, 0.1) is 18.3 Å². The lowest BCUT2D eigenvalue weighted by atomic mass is 9.84. The van der Waals surface area contributed by atoms with E-state index in [-0.39, 0.29) is 41.5 Å². The zero-order chi connectivity index (χ0) is 19.0. The van der Waals surface area contributed by atoms with Gasteiger partial charge in [-0.2, -0.15) is 5.26 Å². The zero-order valence-corrected chi connectivity index (χ0v) is 15.3. The predicted molar refractivity (Wildman–Crippen MR) is 98.3 cm³/mol. The normalized spacial score (nSPS) is 16.0. The molecular weight excluding hydrogens is 377 g/mol. The van der Waals surface area contributed by atoms with Gasteiger partial charge in [-0.1, -0.05) is 29.3 Å². The summed E-state index contributed by atoms with van der Waals surface area (Å²) in [4.78, 5) is 13.1. The van der Waals surface area contributed by atoms with Gasteiger partial charge >= 0.3 is 0 Å². The molecule has 26 heavy (non-hydrogen) atoms. The molecule has 0 saturated carbocycles. The maximum atomic E-state index is 13.1. The largest absolute Gasteiger partial charge is 0.440 e. The zero-order valence-electron chi connectivity index (χ0n) is 13.8. The maximum absolute atomic E-state index is 13.1. The first-order valence-corrected chi connectivity index (χ1v) is 8.52. The number of pyridine rings is 1. The number of allylic oxidation sites excluding steroid dienone is 1. The van der Waals surface area contributed by atoms with E-state index in [4.69, 9.17) is 33.7 Å². The number of hydrogen-bond donors (Lipinski definition) is 2. The summed E-state index contributed by atoms with van der Waals surface area (Å²) in [7, 11) is 0. The number of aryl methyl sites for hydroxylation is 1. The number of benzene rings is 1. The highest BCUT2D eigenvalue weighted by Gasteiger charge is 2.34.